The van der Waals surface area contributed by atoms with Crippen molar-refractivity contribution in [3.8, 4) is 34.2 Å². The number of rotatable bonds is 4. The third-order valence-electron chi connectivity index (χ3n) is 11.0. The minimum Gasteiger partial charge on any atom is -0.328 e. The first-order valence-electron chi connectivity index (χ1n) is 19.6. The summed E-state index contributed by atoms with van der Waals surface area (Å²) >= 11 is 0. The number of aromatic nitrogens is 6. The highest BCUT2D eigenvalue weighted by molar-refractivity contribution is 6.10. The number of hydrogen-bond acceptors (Lipinski definition) is 7. The number of nitrogens with zero attached hydrogens (tertiary/aromatic N) is 8. The van der Waals surface area contributed by atoms with Gasteiger partial charge in [-0.05, 0) is 105 Å². The molecule has 1 N–H and O–H groups in total. The third kappa shape index (κ3) is 6.69. The summed E-state index contributed by atoms with van der Waals surface area (Å²) < 4.78 is 90.2. The van der Waals surface area contributed by atoms with Crippen LogP contribution in [-0.4, -0.2) is 40.7 Å². The molecule has 0 spiro atoms. The van der Waals surface area contributed by atoms with Crippen LogP contribution < -0.4 is 15.9 Å². The van der Waals surface area contributed by atoms with E-state index >= 15 is 0 Å². The van der Waals surface area contributed by atoms with Gasteiger partial charge >= 0.3 is 12.4 Å². The number of para-hydroxylation sites is 1. The number of fused-ring (bicyclic) bond motifs is 6. The maximum Gasteiger partial charge on any atom is 0.416 e. The minimum absolute atomic E-state index is 0.0842. The van der Waals surface area contributed by atoms with Gasteiger partial charge in [0.2, 0.25) is 0 Å². The van der Waals surface area contributed by atoms with Crippen molar-refractivity contribution in [1.29, 1.82) is 0 Å². The van der Waals surface area contributed by atoms with Crippen molar-refractivity contribution in [2.45, 2.75) is 46.5 Å². The van der Waals surface area contributed by atoms with E-state index in [-0.39, 0.29) is 28.8 Å². The number of alkyl halides is 6. The second-order valence-electron chi connectivity index (χ2n) is 15.3. The summed E-state index contributed by atoms with van der Waals surface area (Å²) in [4.78, 5) is 27.8. The Morgan fingerprint density at radius 3 is 1.94 bits per heavy atom. The Kier molecular flexibility index (Phi) is 8.80. The maximum atomic E-state index is 14.4. The highest BCUT2D eigenvalue weighted by Crippen LogP contribution is 2.41. The number of allylic oxidation sites excluding steroid dienone is 2. The molecule has 5 heterocycles. The maximum absolute atomic E-state index is 14.4. The summed E-state index contributed by atoms with van der Waals surface area (Å²) in [6, 6.07) is 23.9. The molecule has 0 unspecified atom stereocenters. The smallest absolute Gasteiger partial charge is 0.328 e. The monoisotopic (exact) mass is 837 g/mol. The van der Waals surface area contributed by atoms with Crippen LogP contribution in [0.2, 0.25) is 0 Å². The van der Waals surface area contributed by atoms with Gasteiger partial charge in [-0.25, -0.2) is 29.9 Å². The van der Waals surface area contributed by atoms with Crippen LogP contribution in [0.15, 0.2) is 113 Å². The topological polar surface area (TPSA) is 98.2 Å². The zero-order valence-electron chi connectivity index (χ0n) is 33.4. The molecule has 0 radical (unpaired) electrons. The van der Waals surface area contributed by atoms with Gasteiger partial charge in [-0.1, -0.05) is 54.6 Å². The lowest BCUT2D eigenvalue weighted by Gasteiger charge is -2.17. The molecule has 0 saturated carbocycles. The van der Waals surface area contributed by atoms with E-state index < -0.39 is 23.5 Å². The van der Waals surface area contributed by atoms with Gasteiger partial charge in [0.15, 0.2) is 5.82 Å². The Labute approximate surface area is 348 Å². The number of pyridine rings is 1. The Morgan fingerprint density at radius 1 is 0.581 bits per heavy atom. The van der Waals surface area contributed by atoms with Gasteiger partial charge in [0.1, 0.15) is 40.8 Å². The molecule has 62 heavy (non-hydrogen) atoms. The van der Waals surface area contributed by atoms with E-state index in [0.29, 0.717) is 63.5 Å². The molecule has 15 heteroatoms. The lowest BCUT2D eigenvalue weighted by Crippen LogP contribution is -2.28. The summed E-state index contributed by atoms with van der Waals surface area (Å²) in [5.74, 6) is 3.82. The summed E-state index contributed by atoms with van der Waals surface area (Å²) in [5, 5.41) is 7.30. The number of halogens is 6. The predicted molar refractivity (Wildman–Crippen MR) is 228 cm³/mol. The lowest BCUT2D eigenvalue weighted by molar-refractivity contribution is -0.143. The molecule has 0 amide bonds. The van der Waals surface area contributed by atoms with Crippen molar-refractivity contribution in [1.82, 2.24) is 34.4 Å². The van der Waals surface area contributed by atoms with Crippen molar-refractivity contribution in [2.75, 3.05) is 0 Å². The van der Waals surface area contributed by atoms with E-state index in [2.05, 4.69) is 30.3 Å². The Bertz CT molecular complexity index is 3390. The standard InChI is InChI=1S/C47H33F6N9/c1-24-54-25(2)57-44(56-24)28-13-15-36-34-9-5-7-11-38(34)61(40(36)19-28)42-21-31(30-17-32(46(48,49)50)23-33(18-30)47(51,52)53)22-43(60-42)62-39-12-8-6-10-35(39)37-16-14-29(20-41(37)62)45-58-26(3)55-27(4)59-45/h5-9,11-23H,10H2,1-4H3,(H,55,58,59). The fourth-order valence-electron chi connectivity index (χ4n) is 8.42. The van der Waals surface area contributed by atoms with Crippen molar-refractivity contribution in [3.63, 3.8) is 0 Å². The molecule has 1 aliphatic heterocycles. The van der Waals surface area contributed by atoms with E-state index in [1.807, 2.05) is 94.9 Å². The predicted octanol–water partition coefficient (Wildman–Crippen LogP) is 9.69. The number of aryl methyl sites for hydroxylation is 2. The van der Waals surface area contributed by atoms with Gasteiger partial charge in [-0.3, -0.25) is 9.13 Å². The van der Waals surface area contributed by atoms with Crippen LogP contribution >= 0.6 is 0 Å². The van der Waals surface area contributed by atoms with E-state index in [9.17, 15) is 26.3 Å². The Hall–Kier alpha value is -7.42. The van der Waals surface area contributed by atoms with Gasteiger partial charge in [0.05, 0.1) is 33.0 Å². The van der Waals surface area contributed by atoms with Crippen LogP contribution in [0.25, 0.3) is 78.8 Å². The number of nitrogens with one attached hydrogen (secondary N) is 1. The number of aliphatic imine (C=N–C) groups is 2. The fourth-order valence-corrected chi connectivity index (χ4v) is 8.42. The van der Waals surface area contributed by atoms with Crippen molar-refractivity contribution >= 4 is 56.3 Å². The van der Waals surface area contributed by atoms with Crippen LogP contribution in [0.5, 0.6) is 0 Å². The molecule has 308 valence electrons. The van der Waals surface area contributed by atoms with Gasteiger partial charge in [-0.2, -0.15) is 26.3 Å². The molecule has 1 aliphatic carbocycles. The van der Waals surface area contributed by atoms with Gasteiger partial charge in [0, 0.05) is 26.9 Å². The SMILES string of the molecule is CC1=NC(=c2ccc3c4c(n(-c5cc(-c6cc(C(F)(F)F)cc(C(F)(F)F)c6)cc(-n6c7ccccc7c7ccc(-c8nc(C)nc(C)n8)cc76)n5)c3c2)=CC=CC4)NC(C)=N1. The van der Waals surface area contributed by atoms with Crippen LogP contribution in [0.1, 0.15) is 42.2 Å². The molecule has 4 aromatic carbocycles. The molecular weight excluding hydrogens is 805 g/mol. The van der Waals surface area contributed by atoms with Gasteiger partial charge in [0.25, 0.3) is 0 Å². The first-order valence-corrected chi connectivity index (χ1v) is 19.6. The van der Waals surface area contributed by atoms with Crippen LogP contribution in [-0.2, 0) is 18.8 Å². The number of amidine groups is 2. The summed E-state index contributed by atoms with van der Waals surface area (Å²) in [7, 11) is 0. The highest BCUT2D eigenvalue weighted by atomic mass is 19.4. The average molecular weight is 838 g/mol. The largest absolute Gasteiger partial charge is 0.416 e. The molecule has 0 fully saturated rings. The summed E-state index contributed by atoms with van der Waals surface area (Å²) in [6.45, 7) is 7.17. The highest BCUT2D eigenvalue weighted by Gasteiger charge is 2.37. The second-order valence-corrected chi connectivity index (χ2v) is 15.3. The first-order chi connectivity index (χ1) is 29.6. The molecule has 0 bridgehead atoms. The normalized spacial score (nSPS) is 15.1. The Morgan fingerprint density at radius 2 is 1.23 bits per heavy atom. The van der Waals surface area contributed by atoms with E-state index in [0.717, 1.165) is 44.4 Å². The van der Waals surface area contributed by atoms with Crippen LogP contribution in [0.4, 0.5) is 26.3 Å². The zero-order chi connectivity index (χ0) is 43.2. The van der Waals surface area contributed by atoms with Crippen LogP contribution in [0, 0.1) is 13.8 Å². The molecule has 8 aromatic rings. The minimum atomic E-state index is -5.06. The first kappa shape index (κ1) is 38.8. The molecule has 10 rings (SSSR count). The second kappa shape index (κ2) is 14.1. The molecule has 0 saturated heterocycles. The third-order valence-corrected chi connectivity index (χ3v) is 11.0. The molecule has 9 nitrogen and oxygen atoms in total. The fraction of sp³-hybridized carbons (Fsp3) is 0.149. The number of benzene rings is 4. The van der Waals surface area contributed by atoms with Gasteiger partial charge in [-0.15, -0.1) is 0 Å². The molecular formula is C47H33F6N9. The lowest BCUT2D eigenvalue weighted by atomic mass is 9.99. The number of hydrogen-bond donors (Lipinski definition) is 1. The van der Waals surface area contributed by atoms with Gasteiger partial charge < -0.3 is 5.32 Å². The molecule has 2 aliphatic rings. The summed E-state index contributed by atoms with van der Waals surface area (Å²) in [5.41, 5.74) is 0.670. The van der Waals surface area contributed by atoms with E-state index in [1.165, 1.54) is 6.07 Å². The van der Waals surface area contributed by atoms with Crippen LogP contribution in [0.3, 0.4) is 0 Å². The average Bonchev–Trinajstić information content (AvgIpc) is 3.74. The van der Waals surface area contributed by atoms with E-state index in [4.69, 9.17) is 4.98 Å². The zero-order valence-corrected chi connectivity index (χ0v) is 33.4. The Balaban J connectivity index is 1.32. The quantitative estimate of drug-likeness (QED) is 0.178. The molecule has 0 atom stereocenters. The molecule has 4 aromatic heterocycles. The van der Waals surface area contributed by atoms with Crippen molar-refractivity contribution < 1.29 is 26.3 Å². The van der Waals surface area contributed by atoms with E-state index in [1.54, 1.807) is 26.8 Å². The summed E-state index contributed by atoms with van der Waals surface area (Å²) in [6.07, 6.45) is -3.69. The van der Waals surface area contributed by atoms with Crippen molar-refractivity contribution in [2.24, 2.45) is 9.98 Å². The van der Waals surface area contributed by atoms with Crippen molar-refractivity contribution in [3.05, 3.63) is 142 Å².